The van der Waals surface area contributed by atoms with E-state index >= 15 is 0 Å². The molecule has 1 aliphatic heterocycles. The smallest absolute Gasteiger partial charge is 0.230 e. The van der Waals surface area contributed by atoms with Crippen molar-refractivity contribution in [3.8, 4) is 0 Å². The predicted octanol–water partition coefficient (Wildman–Crippen LogP) is 5.39. The normalized spacial score (nSPS) is 23.0. The van der Waals surface area contributed by atoms with Crippen molar-refractivity contribution in [3.63, 3.8) is 0 Å². The highest BCUT2D eigenvalue weighted by Gasteiger charge is 2.25. The maximum absolute atomic E-state index is 9.31. The maximum Gasteiger partial charge on any atom is 0.230 e. The Morgan fingerprint density at radius 2 is 1.83 bits per heavy atom. The number of aliphatic hydroxyl groups is 1. The summed E-state index contributed by atoms with van der Waals surface area (Å²) in [5.74, 6) is 2.48. The van der Waals surface area contributed by atoms with E-state index in [0.717, 1.165) is 41.6 Å². The quantitative estimate of drug-likeness (QED) is 0.407. The first-order valence-corrected chi connectivity index (χ1v) is 13.0. The number of aromatic nitrogens is 4. The topological polar surface area (TPSA) is 79.1 Å². The van der Waals surface area contributed by atoms with Crippen molar-refractivity contribution < 1.29 is 5.11 Å². The molecule has 4 aromatic rings. The second-order valence-corrected chi connectivity index (χ2v) is 10.5. The third-order valence-corrected chi connectivity index (χ3v) is 7.86. The van der Waals surface area contributed by atoms with Crippen LogP contribution in [0.15, 0.2) is 42.6 Å². The zero-order valence-electron chi connectivity index (χ0n) is 20.6. The van der Waals surface area contributed by atoms with E-state index in [1.807, 2.05) is 12.3 Å². The molecular weight excluding hydrogens is 436 g/mol. The second-order valence-electron chi connectivity index (χ2n) is 10.5. The summed E-state index contributed by atoms with van der Waals surface area (Å²) in [5, 5.41) is 15.0. The standard InChI is InChI=1S/C28H34N6O/c1-18-7-10-21(11-8-18)34-24-6-4-3-5-22(24)23-15-29-28(32-27(23)34)31-25-12-9-20-17-33(13-14-35)16-19(2)26(20)30-25/h3-6,9,12,15,18-19,21,35H,7-8,10-11,13-14,16-17H2,1-2H3,(H,29,30,31,32)/t18?,19-,21?/m0/s1. The number of β-amino-alcohol motifs (C(OH)–C–C–N with tert-alkyl or cyclic N) is 1. The number of hydrogen-bond donors (Lipinski definition) is 2. The molecule has 0 radical (unpaired) electrons. The van der Waals surface area contributed by atoms with Gasteiger partial charge in [-0.15, -0.1) is 0 Å². The minimum Gasteiger partial charge on any atom is -0.395 e. The van der Waals surface area contributed by atoms with Crippen molar-refractivity contribution in [3.05, 3.63) is 53.9 Å². The number of benzene rings is 1. The Hall–Kier alpha value is -3.03. The molecule has 1 atom stereocenters. The predicted molar refractivity (Wildman–Crippen MR) is 140 cm³/mol. The van der Waals surface area contributed by atoms with E-state index < -0.39 is 0 Å². The number of fused-ring (bicyclic) bond motifs is 4. The lowest BCUT2D eigenvalue weighted by Gasteiger charge is -2.32. The fraction of sp³-hybridized carbons (Fsp3) is 0.464. The Labute approximate surface area is 206 Å². The summed E-state index contributed by atoms with van der Waals surface area (Å²) in [6, 6.07) is 13.2. The molecule has 0 spiro atoms. The van der Waals surface area contributed by atoms with Gasteiger partial charge in [0.05, 0.1) is 17.8 Å². The molecule has 7 heteroatoms. The summed E-state index contributed by atoms with van der Waals surface area (Å²) < 4.78 is 2.46. The molecule has 3 aromatic heterocycles. The van der Waals surface area contributed by atoms with Gasteiger partial charge in [-0.25, -0.2) is 9.97 Å². The average Bonchev–Trinajstić information content (AvgIpc) is 3.19. The van der Waals surface area contributed by atoms with Crippen LogP contribution in [0.3, 0.4) is 0 Å². The van der Waals surface area contributed by atoms with Crippen LogP contribution in [-0.2, 0) is 6.54 Å². The van der Waals surface area contributed by atoms with Gasteiger partial charge in [0.2, 0.25) is 5.95 Å². The van der Waals surface area contributed by atoms with Gasteiger partial charge in [0.25, 0.3) is 0 Å². The van der Waals surface area contributed by atoms with Gasteiger partial charge < -0.3 is 15.0 Å². The van der Waals surface area contributed by atoms with Crippen molar-refractivity contribution in [2.24, 2.45) is 5.92 Å². The van der Waals surface area contributed by atoms with Gasteiger partial charge in [-0.3, -0.25) is 4.90 Å². The SMILES string of the molecule is CC1CCC(n2c3ccccc3c3cnc(Nc4ccc5c(n4)[C@@H](C)CN(CCO)C5)nc32)CC1. The Morgan fingerprint density at radius 3 is 2.66 bits per heavy atom. The lowest BCUT2D eigenvalue weighted by molar-refractivity contribution is 0.173. The first kappa shape index (κ1) is 22.4. The maximum atomic E-state index is 9.31. The van der Waals surface area contributed by atoms with Gasteiger partial charge in [-0.2, -0.15) is 4.98 Å². The fourth-order valence-corrected chi connectivity index (χ4v) is 6.04. The van der Waals surface area contributed by atoms with Crippen LogP contribution in [0.4, 0.5) is 11.8 Å². The summed E-state index contributed by atoms with van der Waals surface area (Å²) in [6.45, 7) is 7.19. The van der Waals surface area contributed by atoms with Crippen LogP contribution in [0.2, 0.25) is 0 Å². The zero-order valence-corrected chi connectivity index (χ0v) is 20.6. The monoisotopic (exact) mass is 470 g/mol. The van der Waals surface area contributed by atoms with Gasteiger partial charge in [0.1, 0.15) is 11.5 Å². The number of nitrogens with zero attached hydrogens (tertiary/aromatic N) is 5. The zero-order chi connectivity index (χ0) is 23.9. The molecule has 2 N–H and O–H groups in total. The molecule has 0 amide bonds. The van der Waals surface area contributed by atoms with Crippen molar-refractivity contribution in [1.29, 1.82) is 0 Å². The van der Waals surface area contributed by atoms with Gasteiger partial charge in [-0.1, -0.05) is 38.1 Å². The molecule has 1 saturated carbocycles. The highest BCUT2D eigenvalue weighted by atomic mass is 16.3. The van der Waals surface area contributed by atoms with Crippen molar-refractivity contribution in [1.82, 2.24) is 24.4 Å². The highest BCUT2D eigenvalue weighted by Crippen LogP contribution is 2.38. The van der Waals surface area contributed by atoms with E-state index in [1.165, 1.54) is 42.1 Å². The molecule has 35 heavy (non-hydrogen) atoms. The number of pyridine rings is 1. The molecule has 2 aliphatic rings. The minimum atomic E-state index is 0.186. The molecule has 4 heterocycles. The molecule has 0 bridgehead atoms. The summed E-state index contributed by atoms with van der Waals surface area (Å²) in [7, 11) is 0. The lowest BCUT2D eigenvalue weighted by atomic mass is 9.87. The number of para-hydroxylation sites is 1. The molecule has 0 saturated heterocycles. The van der Waals surface area contributed by atoms with Crippen molar-refractivity contribution >= 4 is 33.7 Å². The molecule has 7 nitrogen and oxygen atoms in total. The van der Waals surface area contributed by atoms with Crippen molar-refractivity contribution in [2.75, 3.05) is 25.0 Å². The molecule has 6 rings (SSSR count). The van der Waals surface area contributed by atoms with Crippen LogP contribution >= 0.6 is 0 Å². The van der Waals surface area contributed by atoms with E-state index in [4.69, 9.17) is 9.97 Å². The molecule has 1 aliphatic carbocycles. The molecule has 1 aromatic carbocycles. The number of nitrogens with one attached hydrogen (secondary N) is 1. The highest BCUT2D eigenvalue weighted by molar-refractivity contribution is 6.06. The molecular formula is C28H34N6O. The molecule has 182 valence electrons. The van der Waals surface area contributed by atoms with Crippen LogP contribution in [0.1, 0.15) is 62.7 Å². The number of rotatable bonds is 5. The Balaban J connectivity index is 1.35. The summed E-state index contributed by atoms with van der Waals surface area (Å²) in [5.41, 5.74) is 4.61. The van der Waals surface area contributed by atoms with Crippen molar-refractivity contribution in [2.45, 2.75) is 58.0 Å². The van der Waals surface area contributed by atoms with Crippen LogP contribution in [0.25, 0.3) is 21.9 Å². The van der Waals surface area contributed by atoms with E-state index in [-0.39, 0.29) is 6.61 Å². The number of aliphatic hydroxyl groups excluding tert-OH is 1. The van der Waals surface area contributed by atoms with Crippen LogP contribution < -0.4 is 5.32 Å². The Morgan fingerprint density at radius 1 is 1.00 bits per heavy atom. The van der Waals surface area contributed by atoms with Gasteiger partial charge >= 0.3 is 0 Å². The van der Waals surface area contributed by atoms with E-state index in [9.17, 15) is 5.11 Å². The Kier molecular flexibility index (Phi) is 5.90. The molecule has 0 unspecified atom stereocenters. The average molecular weight is 471 g/mol. The third kappa shape index (κ3) is 4.17. The van der Waals surface area contributed by atoms with Gasteiger partial charge in [-0.05, 0) is 49.3 Å². The Bertz CT molecular complexity index is 1360. The van der Waals surface area contributed by atoms with E-state index in [1.54, 1.807) is 0 Å². The fourth-order valence-electron chi connectivity index (χ4n) is 6.04. The lowest BCUT2D eigenvalue weighted by Crippen LogP contribution is -2.35. The third-order valence-electron chi connectivity index (χ3n) is 7.86. The van der Waals surface area contributed by atoms with E-state index in [0.29, 0.717) is 24.5 Å². The summed E-state index contributed by atoms with van der Waals surface area (Å²) in [4.78, 5) is 16.9. The number of hydrogen-bond acceptors (Lipinski definition) is 6. The summed E-state index contributed by atoms with van der Waals surface area (Å²) in [6.07, 6.45) is 6.88. The number of anilines is 2. The second kappa shape index (κ2) is 9.21. The molecule has 1 fully saturated rings. The van der Waals surface area contributed by atoms with Crippen LogP contribution in [0, 0.1) is 5.92 Å². The van der Waals surface area contributed by atoms with Gasteiger partial charge in [0.15, 0.2) is 0 Å². The van der Waals surface area contributed by atoms with E-state index in [2.05, 4.69) is 63.9 Å². The van der Waals surface area contributed by atoms with Gasteiger partial charge in [0, 0.05) is 48.6 Å². The van der Waals surface area contributed by atoms with Crippen LogP contribution in [-0.4, -0.2) is 49.2 Å². The largest absolute Gasteiger partial charge is 0.395 e. The van der Waals surface area contributed by atoms with Crippen LogP contribution in [0.5, 0.6) is 0 Å². The summed E-state index contributed by atoms with van der Waals surface area (Å²) >= 11 is 0. The first-order valence-electron chi connectivity index (χ1n) is 13.0. The first-order chi connectivity index (χ1) is 17.1. The minimum absolute atomic E-state index is 0.186.